The van der Waals surface area contributed by atoms with Crippen molar-refractivity contribution in [2.75, 3.05) is 13.2 Å². The molecule has 1 aliphatic rings. The van der Waals surface area contributed by atoms with Gasteiger partial charge in [-0.05, 0) is 26.3 Å². The summed E-state index contributed by atoms with van der Waals surface area (Å²) in [5.74, 6) is 0.773. The van der Waals surface area contributed by atoms with Crippen LogP contribution < -0.4 is 0 Å². The Morgan fingerprint density at radius 2 is 1.77 bits per heavy atom. The molecular weight excluding hydrogens is 180 g/mol. The first-order valence-electron chi connectivity index (χ1n) is 5.34. The molecule has 0 aromatic rings. The summed E-state index contributed by atoms with van der Waals surface area (Å²) < 4.78 is 11.5. The van der Waals surface area contributed by atoms with Gasteiger partial charge >= 0.3 is 8.56 Å². The van der Waals surface area contributed by atoms with Crippen LogP contribution in [0.5, 0.6) is 0 Å². The maximum absolute atomic E-state index is 5.74. The van der Waals surface area contributed by atoms with Gasteiger partial charge in [-0.25, -0.2) is 0 Å². The fraction of sp³-hybridized carbons (Fsp3) is 0.900. The van der Waals surface area contributed by atoms with Crippen LogP contribution in [0.4, 0.5) is 0 Å². The summed E-state index contributed by atoms with van der Waals surface area (Å²) in [6.07, 6.45) is 4.05. The minimum absolute atomic E-state index is 0.770. The van der Waals surface area contributed by atoms with Crippen molar-refractivity contribution < 1.29 is 8.85 Å². The molecule has 0 heterocycles. The van der Waals surface area contributed by atoms with Crippen molar-refractivity contribution in [2.24, 2.45) is 5.92 Å². The molecule has 77 valence electrons. The zero-order valence-corrected chi connectivity index (χ0v) is 10.0. The lowest BCUT2D eigenvalue weighted by Gasteiger charge is -2.33. The number of hydrogen-bond acceptors (Lipinski definition) is 2. The first kappa shape index (κ1) is 11.2. The Bertz CT molecular complexity index is 140. The van der Waals surface area contributed by atoms with E-state index < -0.39 is 8.56 Å². The van der Waals surface area contributed by atoms with Crippen molar-refractivity contribution in [3.63, 3.8) is 0 Å². The van der Waals surface area contributed by atoms with Crippen LogP contribution in [-0.2, 0) is 8.85 Å². The van der Waals surface area contributed by atoms with Crippen LogP contribution in [0.1, 0.15) is 33.1 Å². The van der Waals surface area contributed by atoms with Gasteiger partial charge in [-0.3, -0.25) is 0 Å². The maximum atomic E-state index is 5.74. The van der Waals surface area contributed by atoms with Crippen LogP contribution in [0.3, 0.4) is 0 Å². The normalized spacial score (nSPS) is 18.7. The second kappa shape index (κ2) is 5.13. The predicted molar refractivity (Wildman–Crippen MR) is 56.5 cm³/mol. The van der Waals surface area contributed by atoms with Gasteiger partial charge in [0.15, 0.2) is 0 Å². The summed E-state index contributed by atoms with van der Waals surface area (Å²) in [7, 11) is -1.91. The summed E-state index contributed by atoms with van der Waals surface area (Å²) in [6, 6.07) is 2.36. The third-order valence-electron chi connectivity index (χ3n) is 2.55. The largest absolute Gasteiger partial charge is 0.394 e. The minimum Gasteiger partial charge on any atom is -0.394 e. The Morgan fingerprint density at radius 1 is 1.23 bits per heavy atom. The first-order chi connectivity index (χ1) is 6.20. The van der Waals surface area contributed by atoms with E-state index in [0.717, 1.165) is 19.1 Å². The highest BCUT2D eigenvalue weighted by molar-refractivity contribution is 6.69. The van der Waals surface area contributed by atoms with E-state index in [1.165, 1.54) is 19.3 Å². The van der Waals surface area contributed by atoms with Crippen LogP contribution in [0.25, 0.3) is 0 Å². The van der Waals surface area contributed by atoms with Gasteiger partial charge in [0.1, 0.15) is 0 Å². The van der Waals surface area contributed by atoms with Gasteiger partial charge in [0.25, 0.3) is 0 Å². The van der Waals surface area contributed by atoms with Gasteiger partial charge in [0.05, 0.1) is 0 Å². The Kier molecular flexibility index (Phi) is 4.42. The minimum atomic E-state index is -1.91. The van der Waals surface area contributed by atoms with E-state index in [-0.39, 0.29) is 0 Å². The summed E-state index contributed by atoms with van der Waals surface area (Å²) in [4.78, 5) is 0. The van der Waals surface area contributed by atoms with Gasteiger partial charge < -0.3 is 8.85 Å². The molecule has 1 rings (SSSR count). The Morgan fingerprint density at radius 3 is 2.08 bits per heavy atom. The average molecular weight is 201 g/mol. The lowest BCUT2D eigenvalue weighted by Crippen LogP contribution is -2.43. The Balaban J connectivity index is 2.34. The van der Waals surface area contributed by atoms with Crippen molar-refractivity contribution in [2.45, 2.75) is 39.7 Å². The highest BCUT2D eigenvalue weighted by Crippen LogP contribution is 2.32. The molecule has 2 nitrogen and oxygen atoms in total. The second-order valence-corrected chi connectivity index (χ2v) is 6.68. The van der Waals surface area contributed by atoms with Gasteiger partial charge in [-0.15, -0.1) is 0 Å². The average Bonchev–Trinajstić information content (AvgIpc) is 1.98. The summed E-state index contributed by atoms with van der Waals surface area (Å²) in [5.41, 5.74) is 0. The van der Waals surface area contributed by atoms with E-state index in [0.29, 0.717) is 0 Å². The van der Waals surface area contributed by atoms with Crippen molar-refractivity contribution in [3.05, 3.63) is 6.04 Å². The molecule has 1 saturated carbocycles. The van der Waals surface area contributed by atoms with E-state index in [1.54, 1.807) is 0 Å². The molecule has 0 bridgehead atoms. The van der Waals surface area contributed by atoms with Crippen molar-refractivity contribution in [3.8, 4) is 0 Å². The molecule has 1 radical (unpaired) electrons. The molecule has 0 spiro atoms. The molecule has 0 atom stereocenters. The maximum Gasteiger partial charge on any atom is 0.338 e. The van der Waals surface area contributed by atoms with Crippen LogP contribution >= 0.6 is 0 Å². The molecule has 0 unspecified atom stereocenters. The van der Waals surface area contributed by atoms with E-state index >= 15 is 0 Å². The first-order valence-corrected chi connectivity index (χ1v) is 7.73. The van der Waals surface area contributed by atoms with E-state index in [1.807, 2.05) is 13.8 Å². The van der Waals surface area contributed by atoms with Crippen LogP contribution in [0.2, 0.25) is 6.55 Å². The highest BCUT2D eigenvalue weighted by Gasteiger charge is 2.36. The number of hydrogen-bond donors (Lipinski definition) is 0. The molecule has 0 aromatic carbocycles. The third-order valence-corrected chi connectivity index (χ3v) is 5.35. The van der Waals surface area contributed by atoms with E-state index in [9.17, 15) is 0 Å². The fourth-order valence-electron chi connectivity index (χ4n) is 1.75. The molecule has 0 saturated heterocycles. The van der Waals surface area contributed by atoms with Crippen molar-refractivity contribution >= 4 is 8.56 Å². The molecular formula is C10H21O2Si. The van der Waals surface area contributed by atoms with Crippen molar-refractivity contribution in [1.82, 2.24) is 0 Å². The second-order valence-electron chi connectivity index (χ2n) is 3.74. The molecule has 0 aromatic heterocycles. The SMILES string of the molecule is CCO[Si](C)([CH]C1CCC1)OCC. The summed E-state index contributed by atoms with van der Waals surface area (Å²) in [6.45, 7) is 7.77. The molecule has 1 fully saturated rings. The van der Waals surface area contributed by atoms with Crippen LogP contribution in [0, 0.1) is 12.0 Å². The Labute approximate surface area is 82.9 Å². The molecule has 3 heteroatoms. The zero-order chi connectivity index (χ0) is 9.73. The molecule has 0 aliphatic heterocycles. The lowest BCUT2D eigenvalue weighted by molar-refractivity contribution is 0.187. The molecule has 0 amide bonds. The number of rotatable bonds is 6. The lowest BCUT2D eigenvalue weighted by atomic mass is 9.87. The summed E-state index contributed by atoms with van der Waals surface area (Å²) >= 11 is 0. The van der Waals surface area contributed by atoms with Gasteiger partial charge in [0.2, 0.25) is 0 Å². The van der Waals surface area contributed by atoms with Crippen molar-refractivity contribution in [1.29, 1.82) is 0 Å². The summed E-state index contributed by atoms with van der Waals surface area (Å²) in [5, 5.41) is 0. The molecule has 1 aliphatic carbocycles. The molecule has 13 heavy (non-hydrogen) atoms. The highest BCUT2D eigenvalue weighted by atomic mass is 28.4. The smallest absolute Gasteiger partial charge is 0.338 e. The van der Waals surface area contributed by atoms with Gasteiger partial charge in [0, 0.05) is 19.3 Å². The van der Waals surface area contributed by atoms with E-state index in [2.05, 4.69) is 12.6 Å². The zero-order valence-electron chi connectivity index (χ0n) is 9.01. The molecule has 0 N–H and O–H groups in total. The van der Waals surface area contributed by atoms with E-state index in [4.69, 9.17) is 8.85 Å². The van der Waals surface area contributed by atoms with Gasteiger partial charge in [-0.1, -0.05) is 19.3 Å². The predicted octanol–water partition coefficient (Wildman–Crippen LogP) is 2.67. The quantitative estimate of drug-likeness (QED) is 0.615. The fourth-order valence-corrected chi connectivity index (χ4v) is 4.36. The monoisotopic (exact) mass is 201 g/mol. The van der Waals surface area contributed by atoms with Gasteiger partial charge in [-0.2, -0.15) is 0 Å². The Hall–Kier alpha value is 0.137. The standard InChI is InChI=1S/C10H21O2Si/c1-4-11-13(3,12-5-2)9-10-7-6-8-10/h9-10H,4-8H2,1-3H3. The van der Waals surface area contributed by atoms with Crippen LogP contribution in [-0.4, -0.2) is 21.8 Å². The third kappa shape index (κ3) is 3.41. The topological polar surface area (TPSA) is 18.5 Å². The van der Waals surface area contributed by atoms with Crippen LogP contribution in [0.15, 0.2) is 0 Å².